The van der Waals surface area contributed by atoms with Gasteiger partial charge in [-0.1, -0.05) is 27.7 Å². The Morgan fingerprint density at radius 1 is 0.864 bits per heavy atom. The Balaban J connectivity index is 2.98. The molecule has 2 N–H and O–H groups in total. The summed E-state index contributed by atoms with van der Waals surface area (Å²) >= 11 is 0. The first-order valence-corrected chi connectivity index (χ1v) is 9.12. The number of hydrogen-bond acceptors (Lipinski definition) is 3. The van der Waals surface area contributed by atoms with Crippen molar-refractivity contribution in [3.05, 3.63) is 0 Å². The van der Waals surface area contributed by atoms with Crippen molar-refractivity contribution in [2.75, 3.05) is 0 Å². The van der Waals surface area contributed by atoms with E-state index >= 15 is 0 Å². The minimum atomic E-state index is -0.0334. The monoisotopic (exact) mass is 310 g/mol. The zero-order chi connectivity index (χ0) is 16.7. The first-order valence-electron chi connectivity index (χ1n) is 9.12. The zero-order valence-corrected chi connectivity index (χ0v) is 14.8. The van der Waals surface area contributed by atoms with Gasteiger partial charge in [-0.25, -0.2) is 0 Å². The molecule has 0 saturated heterocycles. The fourth-order valence-electron chi connectivity index (χ4n) is 3.50. The molecule has 0 bridgehead atoms. The van der Waals surface area contributed by atoms with Crippen LogP contribution in [0.25, 0.3) is 0 Å². The van der Waals surface area contributed by atoms with Gasteiger partial charge in [0.2, 0.25) is 11.8 Å². The summed E-state index contributed by atoms with van der Waals surface area (Å²) in [5.74, 6) is 0.0209. The molecule has 0 heterocycles. The van der Waals surface area contributed by atoms with E-state index in [0.29, 0.717) is 0 Å². The molecular weight excluding hydrogens is 276 g/mol. The fraction of sp³-hybridized carbons (Fsp3) is 0.889. The van der Waals surface area contributed by atoms with E-state index < -0.39 is 0 Å². The van der Waals surface area contributed by atoms with Crippen molar-refractivity contribution in [3.8, 4) is 0 Å². The van der Waals surface area contributed by atoms with Crippen molar-refractivity contribution in [3.63, 3.8) is 0 Å². The van der Waals surface area contributed by atoms with Gasteiger partial charge < -0.3 is 5.73 Å². The molecule has 0 aliphatic heterocycles. The first-order chi connectivity index (χ1) is 10.5. The first kappa shape index (κ1) is 19.1. The van der Waals surface area contributed by atoms with Crippen LogP contribution in [0.5, 0.6) is 0 Å². The number of hydrogen-bond donors (Lipinski definition) is 1. The third-order valence-corrected chi connectivity index (χ3v) is 5.25. The van der Waals surface area contributed by atoms with Crippen molar-refractivity contribution in [1.82, 2.24) is 4.90 Å². The summed E-state index contributed by atoms with van der Waals surface area (Å²) in [6, 6.07) is 0.283. The Labute approximate surface area is 135 Å². The normalized spacial score (nSPS) is 22.1. The van der Waals surface area contributed by atoms with Crippen LogP contribution in [0.15, 0.2) is 0 Å². The predicted octanol–water partition coefficient (Wildman–Crippen LogP) is 3.48. The van der Waals surface area contributed by atoms with Crippen LogP contribution in [0.4, 0.5) is 0 Å². The molecule has 1 aliphatic carbocycles. The lowest BCUT2D eigenvalue weighted by Crippen LogP contribution is -2.51. The molecule has 22 heavy (non-hydrogen) atoms. The SMILES string of the molecule is CCC(CC)C(=O)N(C(=O)C(CC)CC)C1CCC(N)CC1. The molecule has 1 rings (SSSR count). The molecule has 128 valence electrons. The van der Waals surface area contributed by atoms with Gasteiger partial charge in [-0.15, -0.1) is 0 Å². The lowest BCUT2D eigenvalue weighted by atomic mass is 9.88. The number of nitrogens with zero attached hydrogens (tertiary/aromatic N) is 1. The molecule has 0 radical (unpaired) electrons. The van der Waals surface area contributed by atoms with Crippen LogP contribution in [0.1, 0.15) is 79.1 Å². The van der Waals surface area contributed by atoms with Crippen LogP contribution in [-0.2, 0) is 9.59 Å². The summed E-state index contributed by atoms with van der Waals surface area (Å²) in [7, 11) is 0. The molecule has 1 aliphatic rings. The topological polar surface area (TPSA) is 63.4 Å². The third kappa shape index (κ3) is 4.55. The molecule has 0 unspecified atom stereocenters. The maximum atomic E-state index is 12.9. The van der Waals surface area contributed by atoms with Crippen LogP contribution in [-0.4, -0.2) is 28.8 Å². The van der Waals surface area contributed by atoms with Crippen molar-refractivity contribution in [2.45, 2.75) is 91.1 Å². The Morgan fingerprint density at radius 2 is 1.23 bits per heavy atom. The molecular formula is C18H34N2O2. The number of amides is 2. The van der Waals surface area contributed by atoms with E-state index in [1.807, 2.05) is 27.7 Å². The van der Waals surface area contributed by atoms with Crippen molar-refractivity contribution >= 4 is 11.8 Å². The van der Waals surface area contributed by atoms with E-state index in [1.165, 1.54) is 0 Å². The van der Waals surface area contributed by atoms with E-state index in [2.05, 4.69) is 0 Å². The van der Waals surface area contributed by atoms with Gasteiger partial charge >= 0.3 is 0 Å². The van der Waals surface area contributed by atoms with Gasteiger partial charge in [0.1, 0.15) is 0 Å². The molecule has 0 atom stereocenters. The highest BCUT2D eigenvalue weighted by molar-refractivity contribution is 5.97. The van der Waals surface area contributed by atoms with Gasteiger partial charge in [-0.3, -0.25) is 14.5 Å². The second kappa shape index (κ2) is 9.29. The summed E-state index contributed by atoms with van der Waals surface area (Å²) in [6.45, 7) is 8.12. The van der Waals surface area contributed by atoms with Crippen LogP contribution >= 0.6 is 0 Å². The number of rotatable bonds is 7. The van der Waals surface area contributed by atoms with Crippen LogP contribution in [0, 0.1) is 11.8 Å². The van der Waals surface area contributed by atoms with Crippen LogP contribution in [0.2, 0.25) is 0 Å². The van der Waals surface area contributed by atoms with E-state index in [0.717, 1.165) is 51.4 Å². The van der Waals surface area contributed by atoms with Crippen molar-refractivity contribution in [1.29, 1.82) is 0 Å². The van der Waals surface area contributed by atoms with Crippen LogP contribution in [0.3, 0.4) is 0 Å². The maximum Gasteiger partial charge on any atom is 0.232 e. The summed E-state index contributed by atoms with van der Waals surface area (Å²) in [4.78, 5) is 27.5. The van der Waals surface area contributed by atoms with Gasteiger partial charge in [0.05, 0.1) is 0 Å². The smallest absolute Gasteiger partial charge is 0.232 e. The van der Waals surface area contributed by atoms with Crippen LogP contribution < -0.4 is 5.73 Å². The van der Waals surface area contributed by atoms with E-state index in [-0.39, 0.29) is 35.7 Å². The lowest BCUT2D eigenvalue weighted by molar-refractivity contribution is -0.154. The van der Waals surface area contributed by atoms with Crippen molar-refractivity contribution in [2.24, 2.45) is 17.6 Å². The van der Waals surface area contributed by atoms with E-state index in [1.54, 1.807) is 4.90 Å². The van der Waals surface area contributed by atoms with Crippen molar-refractivity contribution < 1.29 is 9.59 Å². The third-order valence-electron chi connectivity index (χ3n) is 5.25. The Kier molecular flexibility index (Phi) is 8.08. The number of nitrogens with two attached hydrogens (primary N) is 1. The predicted molar refractivity (Wildman–Crippen MR) is 90.2 cm³/mol. The average molecular weight is 310 g/mol. The molecule has 0 spiro atoms. The summed E-state index contributed by atoms with van der Waals surface area (Å²) < 4.78 is 0. The highest BCUT2D eigenvalue weighted by atomic mass is 16.2. The van der Waals surface area contributed by atoms with E-state index in [4.69, 9.17) is 5.73 Å². The van der Waals surface area contributed by atoms with Gasteiger partial charge in [-0.05, 0) is 51.4 Å². The highest BCUT2D eigenvalue weighted by Gasteiger charge is 2.36. The second-order valence-electron chi connectivity index (χ2n) is 6.64. The zero-order valence-electron chi connectivity index (χ0n) is 14.8. The molecule has 0 aromatic rings. The molecule has 1 saturated carbocycles. The Bertz CT molecular complexity index is 330. The summed E-state index contributed by atoms with van der Waals surface area (Å²) in [6.07, 6.45) is 6.74. The highest BCUT2D eigenvalue weighted by Crippen LogP contribution is 2.27. The standard InChI is InChI=1S/C18H34N2O2/c1-5-13(6-2)17(21)20(18(22)14(7-3)8-4)16-11-9-15(19)10-12-16/h13-16H,5-12,19H2,1-4H3. The number of carbonyl (C=O) groups is 2. The molecule has 2 amide bonds. The fourth-order valence-corrected chi connectivity index (χ4v) is 3.50. The van der Waals surface area contributed by atoms with Gasteiger partial charge in [-0.2, -0.15) is 0 Å². The second-order valence-corrected chi connectivity index (χ2v) is 6.64. The number of imide groups is 1. The molecule has 1 fully saturated rings. The summed E-state index contributed by atoms with van der Waals surface area (Å²) in [5.41, 5.74) is 5.99. The van der Waals surface area contributed by atoms with Gasteiger partial charge in [0.15, 0.2) is 0 Å². The molecule has 0 aromatic heterocycles. The van der Waals surface area contributed by atoms with Gasteiger partial charge in [0, 0.05) is 23.9 Å². The lowest BCUT2D eigenvalue weighted by Gasteiger charge is -2.38. The Hall–Kier alpha value is -0.900. The minimum absolute atomic E-state index is 0.0334. The average Bonchev–Trinajstić information content (AvgIpc) is 2.52. The largest absolute Gasteiger partial charge is 0.328 e. The molecule has 4 heteroatoms. The maximum absolute atomic E-state index is 12.9. The molecule has 4 nitrogen and oxygen atoms in total. The summed E-state index contributed by atoms with van der Waals surface area (Å²) in [5, 5.41) is 0. The number of carbonyl (C=O) groups excluding carboxylic acids is 2. The molecule has 0 aromatic carbocycles. The van der Waals surface area contributed by atoms with Gasteiger partial charge in [0.25, 0.3) is 0 Å². The minimum Gasteiger partial charge on any atom is -0.328 e. The quantitative estimate of drug-likeness (QED) is 0.783. The Morgan fingerprint density at radius 3 is 1.55 bits per heavy atom. The van der Waals surface area contributed by atoms with E-state index in [9.17, 15) is 9.59 Å².